The van der Waals surface area contributed by atoms with E-state index in [-0.39, 0.29) is 0 Å². The first-order chi connectivity index (χ1) is 8.79. The van der Waals surface area contributed by atoms with Crippen molar-refractivity contribution in [3.63, 3.8) is 0 Å². The monoisotopic (exact) mass is 277 g/mol. The molecule has 3 heteroatoms. The molecule has 0 radical (unpaired) electrons. The van der Waals surface area contributed by atoms with Crippen LogP contribution in [0, 0.1) is 0 Å². The van der Waals surface area contributed by atoms with Gasteiger partial charge in [0, 0.05) is 16.7 Å². The molecule has 1 nitrogen and oxygen atoms in total. The molecule has 2 rings (SSSR count). The van der Waals surface area contributed by atoms with Gasteiger partial charge in [-0.3, -0.25) is 0 Å². The molecule has 1 atom stereocenters. The van der Waals surface area contributed by atoms with Gasteiger partial charge in [-0.15, -0.1) is 11.8 Å². The van der Waals surface area contributed by atoms with E-state index in [1.807, 2.05) is 18.8 Å². The van der Waals surface area contributed by atoms with Gasteiger partial charge in [-0.2, -0.15) is 11.3 Å². The SMILES string of the molecule is CNC(C)c1ccc(SCCc2ccsc2)cc1. The summed E-state index contributed by atoms with van der Waals surface area (Å²) in [6.45, 7) is 2.18. The van der Waals surface area contributed by atoms with E-state index in [0.717, 1.165) is 12.2 Å². The quantitative estimate of drug-likeness (QED) is 0.787. The summed E-state index contributed by atoms with van der Waals surface area (Å²) in [5, 5.41) is 7.64. The molecule has 0 spiro atoms. The predicted octanol–water partition coefficient (Wildman–Crippen LogP) is 4.36. The van der Waals surface area contributed by atoms with Crippen molar-refractivity contribution in [1.82, 2.24) is 5.32 Å². The lowest BCUT2D eigenvalue weighted by molar-refractivity contribution is 0.652. The van der Waals surface area contributed by atoms with Crippen molar-refractivity contribution in [2.45, 2.75) is 24.3 Å². The predicted molar refractivity (Wildman–Crippen MR) is 82.7 cm³/mol. The topological polar surface area (TPSA) is 12.0 Å². The van der Waals surface area contributed by atoms with Crippen LogP contribution in [-0.2, 0) is 6.42 Å². The summed E-state index contributed by atoms with van der Waals surface area (Å²) in [5.41, 5.74) is 2.80. The summed E-state index contributed by atoms with van der Waals surface area (Å²) < 4.78 is 0. The molecule has 0 aliphatic rings. The minimum atomic E-state index is 0.426. The van der Waals surface area contributed by atoms with E-state index in [1.165, 1.54) is 16.0 Å². The summed E-state index contributed by atoms with van der Waals surface area (Å²) in [5.74, 6) is 1.15. The third-order valence-corrected chi connectivity index (χ3v) is 4.80. The first kappa shape index (κ1) is 13.7. The maximum atomic E-state index is 3.26. The van der Waals surface area contributed by atoms with Crippen LogP contribution in [0.2, 0.25) is 0 Å². The molecule has 18 heavy (non-hydrogen) atoms. The van der Waals surface area contributed by atoms with Crippen LogP contribution < -0.4 is 5.32 Å². The number of thiophene rings is 1. The highest BCUT2D eigenvalue weighted by Gasteiger charge is 2.02. The second-order valence-electron chi connectivity index (χ2n) is 4.31. The Morgan fingerprint density at radius 1 is 1.22 bits per heavy atom. The summed E-state index contributed by atoms with van der Waals surface area (Å²) in [4.78, 5) is 1.36. The molecule has 0 amide bonds. The minimum Gasteiger partial charge on any atom is -0.313 e. The summed E-state index contributed by atoms with van der Waals surface area (Å²) in [6.07, 6.45) is 1.16. The third kappa shape index (κ3) is 3.87. The Morgan fingerprint density at radius 2 is 2.00 bits per heavy atom. The molecule has 0 aliphatic carbocycles. The summed E-state index contributed by atoms with van der Waals surface area (Å²) >= 11 is 3.71. The van der Waals surface area contributed by atoms with Crippen LogP contribution in [0.25, 0.3) is 0 Å². The number of hydrogen-bond donors (Lipinski definition) is 1. The van der Waals surface area contributed by atoms with Crippen LogP contribution in [0.1, 0.15) is 24.1 Å². The van der Waals surface area contributed by atoms with Crippen LogP contribution in [0.4, 0.5) is 0 Å². The van der Waals surface area contributed by atoms with Gasteiger partial charge in [0.25, 0.3) is 0 Å². The number of thioether (sulfide) groups is 1. The standard InChI is InChI=1S/C15H19NS2/c1-12(16-2)14-3-5-15(6-4-14)18-10-8-13-7-9-17-11-13/h3-7,9,11-12,16H,8,10H2,1-2H3. The molecule has 0 saturated heterocycles. The van der Waals surface area contributed by atoms with Crippen LogP contribution in [-0.4, -0.2) is 12.8 Å². The van der Waals surface area contributed by atoms with Gasteiger partial charge in [0.2, 0.25) is 0 Å². The van der Waals surface area contributed by atoms with Crippen molar-refractivity contribution in [3.05, 3.63) is 52.2 Å². The zero-order valence-electron chi connectivity index (χ0n) is 10.8. The Bertz CT molecular complexity index is 448. The first-order valence-corrected chi connectivity index (χ1v) is 8.13. The zero-order chi connectivity index (χ0) is 12.8. The maximum Gasteiger partial charge on any atom is 0.0289 e. The van der Waals surface area contributed by atoms with E-state index in [0.29, 0.717) is 6.04 Å². The van der Waals surface area contributed by atoms with Crippen molar-refractivity contribution >= 4 is 23.1 Å². The van der Waals surface area contributed by atoms with Crippen LogP contribution >= 0.6 is 23.1 Å². The highest BCUT2D eigenvalue weighted by atomic mass is 32.2. The second kappa shape index (κ2) is 6.98. The van der Waals surface area contributed by atoms with Crippen molar-refractivity contribution in [1.29, 1.82) is 0 Å². The molecule has 0 saturated carbocycles. The summed E-state index contributed by atoms with van der Waals surface area (Å²) in [7, 11) is 1.99. The van der Waals surface area contributed by atoms with Crippen LogP contribution in [0.3, 0.4) is 0 Å². The van der Waals surface area contributed by atoms with E-state index in [4.69, 9.17) is 0 Å². The molecule has 1 unspecified atom stereocenters. The van der Waals surface area contributed by atoms with Crippen LogP contribution in [0.5, 0.6) is 0 Å². The van der Waals surface area contributed by atoms with Gasteiger partial charge in [-0.05, 0) is 60.5 Å². The Balaban J connectivity index is 1.83. The van der Waals surface area contributed by atoms with E-state index >= 15 is 0 Å². The van der Waals surface area contributed by atoms with Crippen LogP contribution in [0.15, 0.2) is 46.0 Å². The molecule has 0 aliphatic heterocycles. The summed E-state index contributed by atoms with van der Waals surface area (Å²) in [6, 6.07) is 11.5. The number of benzene rings is 1. The van der Waals surface area contributed by atoms with Gasteiger partial charge in [0.15, 0.2) is 0 Å². The largest absolute Gasteiger partial charge is 0.313 e. The highest BCUT2D eigenvalue weighted by Crippen LogP contribution is 2.22. The minimum absolute atomic E-state index is 0.426. The van der Waals surface area contributed by atoms with Crippen molar-refractivity contribution in [2.75, 3.05) is 12.8 Å². The maximum absolute atomic E-state index is 3.26. The van der Waals surface area contributed by atoms with E-state index < -0.39 is 0 Å². The molecule has 0 fully saturated rings. The first-order valence-electron chi connectivity index (χ1n) is 6.20. The highest BCUT2D eigenvalue weighted by molar-refractivity contribution is 7.99. The van der Waals surface area contributed by atoms with Gasteiger partial charge in [0.1, 0.15) is 0 Å². The lowest BCUT2D eigenvalue weighted by Gasteiger charge is -2.10. The second-order valence-corrected chi connectivity index (χ2v) is 6.26. The Labute approximate surface area is 118 Å². The van der Waals surface area contributed by atoms with Gasteiger partial charge in [-0.1, -0.05) is 12.1 Å². The molecular formula is C15H19NS2. The number of aryl methyl sites for hydroxylation is 1. The van der Waals surface area contributed by atoms with E-state index in [9.17, 15) is 0 Å². The fraction of sp³-hybridized carbons (Fsp3) is 0.333. The number of rotatable bonds is 6. The molecule has 96 valence electrons. The van der Waals surface area contributed by atoms with Crippen molar-refractivity contribution < 1.29 is 0 Å². The average Bonchev–Trinajstić information content (AvgIpc) is 2.92. The number of hydrogen-bond acceptors (Lipinski definition) is 3. The molecule has 0 bridgehead atoms. The Kier molecular flexibility index (Phi) is 5.29. The lowest BCUT2D eigenvalue weighted by Crippen LogP contribution is -2.11. The Morgan fingerprint density at radius 3 is 2.61 bits per heavy atom. The third-order valence-electron chi connectivity index (χ3n) is 3.05. The lowest BCUT2D eigenvalue weighted by atomic mass is 10.1. The average molecular weight is 277 g/mol. The van der Waals surface area contributed by atoms with Crippen molar-refractivity contribution in [3.8, 4) is 0 Å². The Hall–Kier alpha value is -0.770. The fourth-order valence-electron chi connectivity index (χ4n) is 1.74. The van der Waals surface area contributed by atoms with Gasteiger partial charge >= 0.3 is 0 Å². The smallest absolute Gasteiger partial charge is 0.0289 e. The number of nitrogens with one attached hydrogen (secondary N) is 1. The van der Waals surface area contributed by atoms with Gasteiger partial charge < -0.3 is 5.32 Å². The molecule has 1 N–H and O–H groups in total. The molecule has 2 aromatic rings. The molecule has 1 aromatic carbocycles. The zero-order valence-corrected chi connectivity index (χ0v) is 12.5. The van der Waals surface area contributed by atoms with Gasteiger partial charge in [-0.25, -0.2) is 0 Å². The molecule has 1 aromatic heterocycles. The van der Waals surface area contributed by atoms with E-state index in [1.54, 1.807) is 11.3 Å². The van der Waals surface area contributed by atoms with E-state index in [2.05, 4.69) is 53.3 Å². The molecule has 1 heterocycles. The fourth-order valence-corrected chi connectivity index (χ4v) is 3.35. The van der Waals surface area contributed by atoms with Gasteiger partial charge in [0.05, 0.1) is 0 Å². The normalized spacial score (nSPS) is 12.6. The van der Waals surface area contributed by atoms with Crippen molar-refractivity contribution in [2.24, 2.45) is 0 Å². The molecular weight excluding hydrogens is 258 g/mol.